The number of hydrogen-bond donors (Lipinski definition) is 1. The second kappa shape index (κ2) is 3.34. The van der Waals surface area contributed by atoms with Crippen molar-refractivity contribution in [3.05, 3.63) is 36.0 Å². The van der Waals surface area contributed by atoms with Gasteiger partial charge >= 0.3 is 10.2 Å². The largest absolute Gasteiger partial charge is 0.509 e. The predicted octanol–water partition coefficient (Wildman–Crippen LogP) is 1.43. The van der Waals surface area contributed by atoms with Crippen LogP contribution in [0.5, 0.6) is 0 Å². The smallest absolute Gasteiger partial charge is 0.331 e. The minimum Gasteiger partial charge on any atom is -0.509 e. The second-order valence-corrected chi connectivity index (χ2v) is 3.13. The molecule has 0 saturated carbocycles. The van der Waals surface area contributed by atoms with E-state index in [4.69, 9.17) is 5.11 Å². The molecule has 0 spiro atoms. The van der Waals surface area contributed by atoms with Crippen molar-refractivity contribution in [1.29, 1.82) is 0 Å². The molecule has 0 aromatic rings. The standard InChI is InChI=1S/C6H7FO3S/c1-5(8)3-4-6(2)11(7,9)10/h3-4,8H,1-2H2/b4-3-. The zero-order chi connectivity index (χ0) is 9.07. The van der Waals surface area contributed by atoms with Gasteiger partial charge in [-0.25, -0.2) is 0 Å². The van der Waals surface area contributed by atoms with Crippen molar-refractivity contribution in [3.8, 4) is 0 Å². The van der Waals surface area contributed by atoms with Crippen LogP contribution in [0.2, 0.25) is 0 Å². The molecular weight excluding hydrogens is 171 g/mol. The van der Waals surface area contributed by atoms with Crippen molar-refractivity contribution in [1.82, 2.24) is 0 Å². The van der Waals surface area contributed by atoms with Crippen LogP contribution < -0.4 is 0 Å². The van der Waals surface area contributed by atoms with Gasteiger partial charge < -0.3 is 5.11 Å². The highest BCUT2D eigenvalue weighted by molar-refractivity contribution is 7.90. The number of allylic oxidation sites excluding steroid dienone is 2. The van der Waals surface area contributed by atoms with Crippen LogP contribution in [-0.2, 0) is 10.2 Å². The Bertz CT molecular complexity index is 300. The quantitative estimate of drug-likeness (QED) is 0.404. The number of rotatable bonds is 3. The van der Waals surface area contributed by atoms with E-state index in [1.165, 1.54) is 0 Å². The SMILES string of the molecule is C=C(O)/C=C\C(=C)S(=O)(=O)F. The number of halogens is 1. The van der Waals surface area contributed by atoms with Crippen LogP contribution in [-0.4, -0.2) is 13.5 Å². The zero-order valence-electron chi connectivity index (χ0n) is 5.62. The maximum Gasteiger partial charge on any atom is 0.331 e. The first-order valence-corrected chi connectivity index (χ1v) is 3.92. The van der Waals surface area contributed by atoms with E-state index in [2.05, 4.69) is 13.2 Å². The lowest BCUT2D eigenvalue weighted by Gasteiger charge is -1.89. The summed E-state index contributed by atoms with van der Waals surface area (Å²) < 4.78 is 32.0. The summed E-state index contributed by atoms with van der Waals surface area (Å²) in [6, 6.07) is 0. The van der Waals surface area contributed by atoms with E-state index < -0.39 is 15.1 Å². The molecule has 0 aliphatic heterocycles. The van der Waals surface area contributed by atoms with E-state index in [-0.39, 0.29) is 5.76 Å². The third kappa shape index (κ3) is 4.32. The molecule has 0 unspecified atom stereocenters. The zero-order valence-corrected chi connectivity index (χ0v) is 6.44. The highest BCUT2D eigenvalue weighted by Crippen LogP contribution is 2.07. The van der Waals surface area contributed by atoms with E-state index in [0.29, 0.717) is 0 Å². The molecule has 0 saturated heterocycles. The summed E-state index contributed by atoms with van der Waals surface area (Å²) >= 11 is 0. The van der Waals surface area contributed by atoms with Gasteiger partial charge in [-0.1, -0.05) is 13.2 Å². The summed E-state index contributed by atoms with van der Waals surface area (Å²) in [7, 11) is -4.73. The Hall–Kier alpha value is -1.10. The molecule has 0 fully saturated rings. The molecular formula is C6H7FO3S. The van der Waals surface area contributed by atoms with Gasteiger partial charge in [-0.3, -0.25) is 0 Å². The molecule has 5 heteroatoms. The van der Waals surface area contributed by atoms with Gasteiger partial charge in [0.25, 0.3) is 0 Å². The fourth-order valence-corrected chi connectivity index (χ4v) is 0.501. The number of hydrogen-bond acceptors (Lipinski definition) is 3. The average Bonchev–Trinajstić information content (AvgIpc) is 1.80. The molecule has 0 amide bonds. The fourth-order valence-electron chi connectivity index (χ4n) is 0.270. The fraction of sp³-hybridized carbons (Fsp3) is 0. The maximum absolute atomic E-state index is 11.9. The minimum absolute atomic E-state index is 0.366. The number of aliphatic hydroxyl groups excluding tert-OH is 1. The lowest BCUT2D eigenvalue weighted by atomic mass is 10.4. The summed E-state index contributed by atoms with van der Waals surface area (Å²) in [5.74, 6) is -0.366. The average molecular weight is 178 g/mol. The molecule has 62 valence electrons. The van der Waals surface area contributed by atoms with E-state index in [1.54, 1.807) is 0 Å². The Balaban J connectivity index is 4.46. The van der Waals surface area contributed by atoms with Crippen molar-refractivity contribution in [2.75, 3.05) is 0 Å². The van der Waals surface area contributed by atoms with Crippen LogP contribution in [0.3, 0.4) is 0 Å². The molecule has 0 aromatic heterocycles. The van der Waals surface area contributed by atoms with Crippen LogP contribution in [0, 0.1) is 0 Å². The summed E-state index contributed by atoms with van der Waals surface area (Å²) in [6.45, 7) is 5.92. The highest BCUT2D eigenvalue weighted by atomic mass is 32.3. The van der Waals surface area contributed by atoms with Crippen molar-refractivity contribution >= 4 is 10.2 Å². The Kier molecular flexibility index (Phi) is 3.00. The van der Waals surface area contributed by atoms with Gasteiger partial charge in [-0.05, 0) is 12.2 Å². The van der Waals surface area contributed by atoms with Crippen LogP contribution in [0.4, 0.5) is 3.89 Å². The molecule has 0 radical (unpaired) electrons. The summed E-state index contributed by atoms with van der Waals surface area (Å²) in [5.41, 5.74) is 0. The van der Waals surface area contributed by atoms with Crippen molar-refractivity contribution in [2.24, 2.45) is 0 Å². The van der Waals surface area contributed by atoms with Gasteiger partial charge in [0.2, 0.25) is 0 Å². The third-order valence-electron chi connectivity index (χ3n) is 0.775. The van der Waals surface area contributed by atoms with Gasteiger partial charge in [0, 0.05) is 0 Å². The lowest BCUT2D eigenvalue weighted by molar-refractivity contribution is 0.435. The Morgan fingerprint density at radius 3 is 2.09 bits per heavy atom. The first-order chi connectivity index (χ1) is 4.84. The maximum atomic E-state index is 11.9. The van der Waals surface area contributed by atoms with Gasteiger partial charge in [0.15, 0.2) is 0 Å². The van der Waals surface area contributed by atoms with Crippen LogP contribution in [0.1, 0.15) is 0 Å². The second-order valence-electron chi connectivity index (χ2n) is 1.73. The number of aliphatic hydroxyl groups is 1. The van der Waals surface area contributed by atoms with Gasteiger partial charge in [0.05, 0.1) is 4.91 Å². The first kappa shape index (κ1) is 9.90. The lowest BCUT2D eigenvalue weighted by Crippen LogP contribution is -1.90. The van der Waals surface area contributed by atoms with E-state index >= 15 is 0 Å². The summed E-state index contributed by atoms with van der Waals surface area (Å²) in [5, 5.41) is 8.43. The first-order valence-electron chi connectivity index (χ1n) is 2.53. The normalized spacial score (nSPS) is 11.7. The predicted molar refractivity (Wildman–Crippen MR) is 40.1 cm³/mol. The Morgan fingerprint density at radius 1 is 1.36 bits per heavy atom. The topological polar surface area (TPSA) is 54.4 Å². The molecule has 0 bridgehead atoms. The molecule has 3 nitrogen and oxygen atoms in total. The molecule has 1 N–H and O–H groups in total. The third-order valence-corrected chi connectivity index (χ3v) is 1.54. The summed E-state index contributed by atoms with van der Waals surface area (Å²) in [4.78, 5) is -0.715. The van der Waals surface area contributed by atoms with Gasteiger partial charge in [-0.2, -0.15) is 8.42 Å². The van der Waals surface area contributed by atoms with E-state index in [9.17, 15) is 12.3 Å². The van der Waals surface area contributed by atoms with Crippen molar-refractivity contribution < 1.29 is 17.4 Å². The molecule has 0 aliphatic rings. The van der Waals surface area contributed by atoms with Crippen LogP contribution >= 0.6 is 0 Å². The van der Waals surface area contributed by atoms with E-state index in [0.717, 1.165) is 12.2 Å². The molecule has 0 aliphatic carbocycles. The van der Waals surface area contributed by atoms with Gasteiger partial charge in [-0.15, -0.1) is 3.89 Å². The highest BCUT2D eigenvalue weighted by Gasteiger charge is 2.08. The Labute approximate surface area is 64.4 Å². The monoisotopic (exact) mass is 178 g/mol. The van der Waals surface area contributed by atoms with Crippen molar-refractivity contribution in [3.63, 3.8) is 0 Å². The molecule has 0 aromatic carbocycles. The van der Waals surface area contributed by atoms with Crippen molar-refractivity contribution in [2.45, 2.75) is 0 Å². The minimum atomic E-state index is -4.73. The molecule has 0 heterocycles. The molecule has 0 rings (SSSR count). The molecule has 11 heavy (non-hydrogen) atoms. The van der Waals surface area contributed by atoms with Crippen LogP contribution in [0.25, 0.3) is 0 Å². The van der Waals surface area contributed by atoms with Crippen LogP contribution in [0.15, 0.2) is 36.0 Å². The molecule has 0 atom stereocenters. The Morgan fingerprint density at radius 2 is 1.82 bits per heavy atom. The van der Waals surface area contributed by atoms with Gasteiger partial charge in [0.1, 0.15) is 5.76 Å². The van der Waals surface area contributed by atoms with E-state index in [1.807, 2.05) is 0 Å². The summed E-state index contributed by atoms with van der Waals surface area (Å²) in [6.07, 6.45) is 1.75.